The summed E-state index contributed by atoms with van der Waals surface area (Å²) in [5.74, 6) is -0.740. The zero-order chi connectivity index (χ0) is 52.8. The number of hydrogen-bond donors (Lipinski definition) is 2. The van der Waals surface area contributed by atoms with E-state index in [1.54, 1.807) is 48.5 Å². The van der Waals surface area contributed by atoms with Crippen molar-refractivity contribution in [3.63, 3.8) is 0 Å². The van der Waals surface area contributed by atoms with Crippen LogP contribution in [0.1, 0.15) is 62.7 Å². The van der Waals surface area contributed by atoms with Crippen LogP contribution in [0.2, 0.25) is 0 Å². The van der Waals surface area contributed by atoms with Gasteiger partial charge in [0.15, 0.2) is 10.3 Å². The molecule has 2 aromatic carbocycles. The monoisotopic (exact) mass is 738 g/mol. The van der Waals surface area contributed by atoms with Crippen LogP contribution >= 0.6 is 0 Å². The highest BCUT2D eigenvalue weighted by atomic mass is 32.2. The highest BCUT2D eigenvalue weighted by Gasteiger charge is 2.16. The van der Waals surface area contributed by atoms with Gasteiger partial charge in [-0.1, -0.05) is 24.3 Å². The van der Waals surface area contributed by atoms with Gasteiger partial charge in [-0.3, -0.25) is 18.4 Å². The largest absolute Gasteiger partial charge is 0.493 e. The van der Waals surface area contributed by atoms with Gasteiger partial charge in [-0.05, 0) is 50.2 Å². The van der Waals surface area contributed by atoms with E-state index in [-0.39, 0.29) is 38.6 Å². The fraction of sp³-hybridized carbons (Fsp3) is 0.333. The number of aromatic nitrogens is 6. The lowest BCUT2D eigenvalue weighted by Gasteiger charge is -2.11. The first-order chi connectivity index (χ1) is 31.8. The number of H-pyrrole nitrogens is 2. The number of fused-ring (bicyclic) bond motifs is 2. The van der Waals surface area contributed by atoms with Gasteiger partial charge in [0.05, 0.1) is 98.8 Å². The Morgan fingerprint density at radius 3 is 1.72 bits per heavy atom. The van der Waals surface area contributed by atoms with Crippen molar-refractivity contribution in [2.75, 3.05) is 40.3 Å². The maximum Gasteiger partial charge on any atom is 0.197 e. The van der Waals surface area contributed by atoms with E-state index in [1.807, 2.05) is 0 Å². The number of ether oxygens (including phenoxy) is 4. The molecule has 0 bridgehead atoms. The van der Waals surface area contributed by atoms with E-state index in [2.05, 4.69) is 39.4 Å². The molecule has 2 N–H and O–H groups in total. The van der Waals surface area contributed by atoms with Crippen molar-refractivity contribution >= 4 is 43.7 Å². The third-order valence-corrected chi connectivity index (χ3v) is 8.71. The maximum absolute atomic E-state index is 13.1. The summed E-state index contributed by atoms with van der Waals surface area (Å²) in [7, 11) is -10.8. The summed E-state index contributed by atoms with van der Waals surface area (Å²) in [6, 6.07) is 16.2. The molecule has 4 heterocycles. The van der Waals surface area contributed by atoms with Crippen LogP contribution < -0.4 is 9.47 Å². The Hall–Kier alpha value is -4.50. The minimum Gasteiger partial charge on any atom is -0.493 e. The number of rotatable bonds is 16. The lowest BCUT2D eigenvalue weighted by molar-refractivity contribution is 0.171. The number of imidazole rings is 2. The van der Waals surface area contributed by atoms with Crippen LogP contribution in [0, 0.1) is 13.8 Å². The van der Waals surface area contributed by atoms with Gasteiger partial charge in [-0.2, -0.15) is 0 Å². The van der Waals surface area contributed by atoms with Crippen LogP contribution in [0.15, 0.2) is 83.4 Å². The summed E-state index contributed by atoms with van der Waals surface area (Å²) < 4.78 is 198. The molecule has 6 rings (SSSR count). The van der Waals surface area contributed by atoms with Crippen LogP contribution in [0.25, 0.3) is 22.1 Å². The average Bonchev–Trinajstić information content (AvgIpc) is 3.86. The van der Waals surface area contributed by atoms with E-state index in [0.717, 1.165) is 12.3 Å². The number of nitrogens with one attached hydrogen (secondary N) is 2. The summed E-state index contributed by atoms with van der Waals surface area (Å²) in [4.78, 5) is 22.2. The molecule has 0 radical (unpaired) electrons. The molecule has 50 heavy (non-hydrogen) atoms. The average molecular weight is 739 g/mol. The maximum atomic E-state index is 13.1. The molecule has 14 heteroatoms. The third-order valence-electron chi connectivity index (χ3n) is 6.63. The third kappa shape index (κ3) is 9.81. The lowest BCUT2D eigenvalue weighted by Crippen LogP contribution is -2.06. The number of benzene rings is 2. The van der Waals surface area contributed by atoms with E-state index < -0.39 is 91.8 Å². The lowest BCUT2D eigenvalue weighted by atomic mass is 10.2. The number of methoxy groups -OCH3 is 2. The van der Waals surface area contributed by atoms with Crippen molar-refractivity contribution in [1.82, 2.24) is 29.9 Å². The van der Waals surface area contributed by atoms with Crippen molar-refractivity contribution in [3.8, 4) is 11.5 Å². The molecular weight excluding hydrogens is 677 g/mol. The molecule has 0 saturated heterocycles. The molecule has 0 aliphatic heterocycles. The topological polar surface area (TPSA) is 154 Å². The number of nitrogens with zero attached hydrogens (tertiary/aromatic N) is 4. The van der Waals surface area contributed by atoms with E-state index in [9.17, 15) is 8.42 Å². The highest BCUT2D eigenvalue weighted by molar-refractivity contribution is 7.84. The molecule has 0 saturated carbocycles. The van der Waals surface area contributed by atoms with Crippen LogP contribution in [0.4, 0.5) is 0 Å². The fourth-order valence-electron chi connectivity index (χ4n) is 4.18. The van der Waals surface area contributed by atoms with Gasteiger partial charge in [0.2, 0.25) is 0 Å². The quantitative estimate of drug-likeness (QED) is 0.121. The first kappa shape index (κ1) is 18.7. The van der Waals surface area contributed by atoms with Gasteiger partial charge in [0.1, 0.15) is 11.5 Å². The molecule has 12 nitrogen and oxygen atoms in total. The Balaban J connectivity index is 0.000000261. The zero-order valence-corrected chi connectivity index (χ0v) is 27.8. The Kier molecular flexibility index (Phi) is 6.89. The Morgan fingerprint density at radius 2 is 1.18 bits per heavy atom. The molecule has 0 aliphatic rings. The van der Waals surface area contributed by atoms with Gasteiger partial charge < -0.3 is 28.9 Å². The summed E-state index contributed by atoms with van der Waals surface area (Å²) in [6.45, 7) is -11.3. The van der Waals surface area contributed by atoms with Crippen molar-refractivity contribution < 1.29 is 54.8 Å². The minimum absolute atomic E-state index is 0.109. The van der Waals surface area contributed by atoms with Crippen molar-refractivity contribution in [2.24, 2.45) is 0 Å². The fourth-order valence-corrected chi connectivity index (χ4v) is 6.15. The van der Waals surface area contributed by atoms with Gasteiger partial charge >= 0.3 is 0 Å². The van der Waals surface area contributed by atoms with Crippen LogP contribution in [0.3, 0.4) is 0 Å². The highest BCUT2D eigenvalue weighted by Crippen LogP contribution is 2.24. The van der Waals surface area contributed by atoms with Gasteiger partial charge in [0, 0.05) is 71.7 Å². The van der Waals surface area contributed by atoms with Crippen molar-refractivity contribution in [3.05, 3.63) is 95.6 Å². The molecule has 264 valence electrons. The van der Waals surface area contributed by atoms with E-state index in [0.29, 0.717) is 22.1 Å². The van der Waals surface area contributed by atoms with E-state index in [1.165, 1.54) is 26.1 Å². The van der Waals surface area contributed by atoms with E-state index >= 15 is 0 Å². The minimum atomic E-state index is -3.65. The second-order valence-electron chi connectivity index (χ2n) is 9.71. The summed E-state index contributed by atoms with van der Waals surface area (Å²) in [5.41, 5.74) is -0.403. The smallest absolute Gasteiger partial charge is 0.197 e. The standard InChI is InChI=1S/2C18H21N3O3S/c2*1-13-16(19-9-8-17(13)24-11-5-10-23-2)12-25(22)18-20-14-6-3-4-7-15(14)21-18/h2*3-4,6-9H,5,10-12H2,1-2H3,(H,20,21)/i2D3,5D2,10D2,11D2,12D2;2D3,5D2,10D2,11D2. The SMILES string of the molecule is [2H]C([2H])([2H])OC([2H])([2H])C([2H])([2H])C([2H])([2H])Oc1ccnc(C([2H])([2H])S(=O)c2nc3ccccc3[nH]2)c1C.[2H]C([2H])([2H])OC([2H])([2H])C([2H])([2H])C([2H])([2H])Oc1ccnc(CS(=O)c2nc3ccccc3[nH]2)c1C. The zero-order valence-electron chi connectivity index (χ0n) is 46.2. The molecular formula is C36H42N6O6S2. The van der Waals surface area contributed by atoms with Gasteiger partial charge in [-0.25, -0.2) is 9.97 Å². The normalized spacial score (nSPS) is 20.8. The van der Waals surface area contributed by atoms with Crippen LogP contribution in [0.5, 0.6) is 11.5 Å². The molecule has 0 aliphatic carbocycles. The van der Waals surface area contributed by atoms with Crippen LogP contribution in [-0.2, 0) is 42.5 Å². The number of para-hydroxylation sites is 4. The van der Waals surface area contributed by atoms with Crippen molar-refractivity contribution in [1.29, 1.82) is 0 Å². The predicted molar refractivity (Wildman–Crippen MR) is 194 cm³/mol. The number of hydrogen-bond acceptors (Lipinski definition) is 10. The summed E-state index contributed by atoms with van der Waals surface area (Å²) in [5, 5.41) is 0.0470. The van der Waals surface area contributed by atoms with Crippen molar-refractivity contribution in [2.45, 2.75) is 48.4 Å². The summed E-state index contributed by atoms with van der Waals surface area (Å²) >= 11 is 0. The first-order valence-electron chi connectivity index (χ1n) is 24.2. The van der Waals surface area contributed by atoms with Gasteiger partial charge in [0.25, 0.3) is 0 Å². The van der Waals surface area contributed by atoms with Gasteiger partial charge in [-0.15, -0.1) is 0 Å². The van der Waals surface area contributed by atoms with Crippen LogP contribution in [-0.4, -0.2) is 78.6 Å². The van der Waals surface area contributed by atoms with E-state index in [4.69, 9.17) is 36.9 Å². The second kappa shape index (κ2) is 18.5. The second-order valence-corrected chi connectivity index (χ2v) is 12.2. The molecule has 0 fully saturated rings. The molecule has 2 unspecified atom stereocenters. The molecule has 0 spiro atoms. The molecule has 2 atom stereocenters. The Bertz CT molecular complexity index is 2830. The Labute approximate surface area is 324 Å². The number of pyridine rings is 2. The first-order valence-corrected chi connectivity index (χ1v) is 16.7. The molecule has 4 aromatic heterocycles. The number of aromatic amines is 2. The molecule has 0 amide bonds. The summed E-state index contributed by atoms with van der Waals surface area (Å²) in [6.07, 6.45) is -4.93. The predicted octanol–water partition coefficient (Wildman–Crippen LogP) is 5.98. The Morgan fingerprint density at radius 1 is 0.680 bits per heavy atom. The molecule has 6 aromatic rings.